The zero-order valence-electron chi connectivity index (χ0n) is 9.34. The van der Waals surface area contributed by atoms with Gasteiger partial charge in [-0.2, -0.15) is 5.10 Å². The number of aryl methyl sites for hydroxylation is 1. The molecule has 2 aromatic rings. The molecule has 0 aliphatic heterocycles. The van der Waals surface area contributed by atoms with Crippen molar-refractivity contribution in [3.63, 3.8) is 0 Å². The number of rotatable bonds is 5. The van der Waals surface area contributed by atoms with E-state index in [-0.39, 0.29) is 0 Å². The highest BCUT2D eigenvalue weighted by atomic mass is 127. The number of nitrogen functional groups attached to an aromatic ring is 1. The van der Waals surface area contributed by atoms with Crippen LogP contribution in [0.15, 0.2) is 36.5 Å². The molecule has 2 rings (SSSR count). The van der Waals surface area contributed by atoms with Gasteiger partial charge in [-0.15, -0.1) is 0 Å². The van der Waals surface area contributed by atoms with Crippen molar-refractivity contribution < 1.29 is 4.74 Å². The fraction of sp³-hybridized carbons (Fsp3) is 0.250. The summed E-state index contributed by atoms with van der Waals surface area (Å²) < 4.78 is 8.65. The summed E-state index contributed by atoms with van der Waals surface area (Å²) in [6, 6.07) is 9.81. The Bertz CT molecular complexity index is 467. The van der Waals surface area contributed by atoms with Crippen molar-refractivity contribution in [2.45, 2.75) is 13.0 Å². The molecule has 1 aromatic carbocycles. The van der Waals surface area contributed by atoms with Crippen LogP contribution in [0.4, 0.5) is 5.82 Å². The minimum Gasteiger partial charge on any atom is -0.494 e. The lowest BCUT2D eigenvalue weighted by Crippen LogP contribution is -2.05. The van der Waals surface area contributed by atoms with Gasteiger partial charge in [0.25, 0.3) is 0 Å². The van der Waals surface area contributed by atoms with Gasteiger partial charge in [-0.1, -0.05) is 0 Å². The molecule has 1 heterocycles. The second-order valence-electron chi connectivity index (χ2n) is 3.66. The summed E-state index contributed by atoms with van der Waals surface area (Å²) in [7, 11) is 0. The monoisotopic (exact) mass is 343 g/mol. The Morgan fingerprint density at radius 2 is 2.00 bits per heavy atom. The number of anilines is 1. The second-order valence-corrected chi connectivity index (χ2v) is 4.91. The number of halogens is 1. The van der Waals surface area contributed by atoms with E-state index < -0.39 is 0 Å². The Morgan fingerprint density at radius 1 is 1.24 bits per heavy atom. The van der Waals surface area contributed by atoms with Crippen molar-refractivity contribution >= 4 is 28.4 Å². The molecular weight excluding hydrogens is 329 g/mol. The molecule has 0 fully saturated rings. The molecule has 0 aliphatic carbocycles. The maximum Gasteiger partial charge on any atom is 0.145 e. The summed E-state index contributed by atoms with van der Waals surface area (Å²) in [5.41, 5.74) is 5.52. The van der Waals surface area contributed by atoms with Gasteiger partial charge in [0.2, 0.25) is 0 Å². The summed E-state index contributed by atoms with van der Waals surface area (Å²) in [5.74, 6) is 1.47. The van der Waals surface area contributed by atoms with Crippen molar-refractivity contribution in [2.75, 3.05) is 12.3 Å². The van der Waals surface area contributed by atoms with E-state index in [0.717, 1.165) is 18.7 Å². The summed E-state index contributed by atoms with van der Waals surface area (Å²) in [6.45, 7) is 1.50. The van der Waals surface area contributed by atoms with Crippen LogP contribution in [0, 0.1) is 3.57 Å². The lowest BCUT2D eigenvalue weighted by atomic mass is 10.3. The van der Waals surface area contributed by atoms with Crippen LogP contribution in [0.1, 0.15) is 6.42 Å². The third-order valence-electron chi connectivity index (χ3n) is 2.28. The van der Waals surface area contributed by atoms with Crippen molar-refractivity contribution in [3.8, 4) is 5.75 Å². The normalized spacial score (nSPS) is 10.4. The Morgan fingerprint density at radius 3 is 2.65 bits per heavy atom. The van der Waals surface area contributed by atoms with Gasteiger partial charge in [-0.3, -0.25) is 4.68 Å². The molecule has 1 aromatic heterocycles. The first kappa shape index (κ1) is 12.2. The zero-order chi connectivity index (χ0) is 12.1. The molecule has 0 aliphatic rings. The van der Waals surface area contributed by atoms with Crippen LogP contribution in [-0.4, -0.2) is 16.4 Å². The molecule has 0 amide bonds. The highest BCUT2D eigenvalue weighted by Gasteiger charge is 1.96. The predicted octanol–water partition coefficient (Wildman–Crippen LogP) is 2.54. The minimum absolute atomic E-state index is 0.559. The van der Waals surface area contributed by atoms with E-state index >= 15 is 0 Å². The van der Waals surface area contributed by atoms with Crippen LogP contribution in [0.3, 0.4) is 0 Å². The number of hydrogen-bond acceptors (Lipinski definition) is 3. The van der Waals surface area contributed by atoms with Crippen LogP contribution in [0.5, 0.6) is 5.75 Å². The fourth-order valence-electron chi connectivity index (χ4n) is 1.45. The summed E-state index contributed by atoms with van der Waals surface area (Å²) in [4.78, 5) is 0. The van der Waals surface area contributed by atoms with Gasteiger partial charge in [-0.25, -0.2) is 0 Å². The maximum atomic E-state index is 5.61. The number of benzene rings is 1. The molecule has 4 nitrogen and oxygen atoms in total. The smallest absolute Gasteiger partial charge is 0.145 e. The number of hydrogen-bond donors (Lipinski definition) is 1. The van der Waals surface area contributed by atoms with Gasteiger partial charge < -0.3 is 10.5 Å². The van der Waals surface area contributed by atoms with E-state index in [2.05, 4.69) is 27.7 Å². The van der Waals surface area contributed by atoms with Crippen molar-refractivity contribution in [3.05, 3.63) is 40.1 Å². The van der Waals surface area contributed by atoms with E-state index in [0.29, 0.717) is 12.4 Å². The molecule has 0 saturated carbocycles. The highest BCUT2D eigenvalue weighted by Crippen LogP contribution is 2.13. The fourth-order valence-corrected chi connectivity index (χ4v) is 1.81. The number of nitrogens with two attached hydrogens (primary N) is 1. The summed E-state index contributed by atoms with van der Waals surface area (Å²) in [5, 5.41) is 4.10. The van der Waals surface area contributed by atoms with Crippen LogP contribution in [0.25, 0.3) is 0 Å². The lowest BCUT2D eigenvalue weighted by Gasteiger charge is -2.06. The Balaban J connectivity index is 1.71. The summed E-state index contributed by atoms with van der Waals surface area (Å²) in [6.07, 6.45) is 2.79. The van der Waals surface area contributed by atoms with Gasteiger partial charge in [0, 0.05) is 22.7 Å². The van der Waals surface area contributed by atoms with E-state index in [1.54, 1.807) is 6.07 Å². The maximum absolute atomic E-state index is 5.61. The largest absolute Gasteiger partial charge is 0.494 e. The Hall–Kier alpha value is -1.24. The number of ether oxygens (including phenoxy) is 1. The molecule has 0 radical (unpaired) electrons. The third-order valence-corrected chi connectivity index (χ3v) is 2.99. The van der Waals surface area contributed by atoms with Gasteiger partial charge >= 0.3 is 0 Å². The number of nitrogens with zero attached hydrogens (tertiary/aromatic N) is 2. The molecule has 0 bridgehead atoms. The molecule has 90 valence electrons. The zero-order valence-corrected chi connectivity index (χ0v) is 11.5. The molecule has 0 saturated heterocycles. The SMILES string of the molecule is Nc1ccn(CCCOc2ccc(I)cc2)n1. The quantitative estimate of drug-likeness (QED) is 0.671. The van der Waals surface area contributed by atoms with Crippen LogP contribution < -0.4 is 10.5 Å². The first-order valence-corrected chi connectivity index (χ1v) is 6.49. The number of aromatic nitrogens is 2. The minimum atomic E-state index is 0.559. The Labute approximate surface area is 114 Å². The van der Waals surface area contributed by atoms with Gasteiger partial charge in [0.15, 0.2) is 0 Å². The first-order chi connectivity index (χ1) is 8.24. The van der Waals surface area contributed by atoms with Gasteiger partial charge in [-0.05, 0) is 52.9 Å². The molecule has 0 atom stereocenters. The average Bonchev–Trinajstić information content (AvgIpc) is 2.73. The van der Waals surface area contributed by atoms with Crippen LogP contribution in [-0.2, 0) is 6.54 Å². The first-order valence-electron chi connectivity index (χ1n) is 5.41. The van der Waals surface area contributed by atoms with Gasteiger partial charge in [0.1, 0.15) is 11.6 Å². The van der Waals surface area contributed by atoms with Crippen LogP contribution >= 0.6 is 22.6 Å². The lowest BCUT2D eigenvalue weighted by molar-refractivity contribution is 0.298. The molecule has 2 N–H and O–H groups in total. The standard InChI is InChI=1S/C12H14IN3O/c13-10-2-4-11(5-3-10)17-9-1-7-16-8-6-12(14)15-16/h2-6,8H,1,7,9H2,(H2,14,15). The van der Waals surface area contributed by atoms with Crippen LogP contribution in [0.2, 0.25) is 0 Å². The highest BCUT2D eigenvalue weighted by molar-refractivity contribution is 14.1. The Kier molecular flexibility index (Phi) is 4.24. The molecule has 0 spiro atoms. The molecule has 5 heteroatoms. The topological polar surface area (TPSA) is 53.1 Å². The molecular formula is C12H14IN3O. The predicted molar refractivity (Wildman–Crippen MR) is 75.9 cm³/mol. The van der Waals surface area contributed by atoms with E-state index in [4.69, 9.17) is 10.5 Å². The van der Waals surface area contributed by atoms with E-state index in [1.807, 2.05) is 35.1 Å². The molecule has 0 unspecified atom stereocenters. The summed E-state index contributed by atoms with van der Waals surface area (Å²) >= 11 is 2.27. The second kappa shape index (κ2) is 5.90. The third kappa shape index (κ3) is 3.92. The average molecular weight is 343 g/mol. The van der Waals surface area contributed by atoms with Crippen molar-refractivity contribution in [1.82, 2.24) is 9.78 Å². The van der Waals surface area contributed by atoms with E-state index in [1.165, 1.54) is 3.57 Å². The van der Waals surface area contributed by atoms with Crippen molar-refractivity contribution in [2.24, 2.45) is 0 Å². The van der Waals surface area contributed by atoms with E-state index in [9.17, 15) is 0 Å². The van der Waals surface area contributed by atoms with Gasteiger partial charge in [0.05, 0.1) is 6.61 Å². The van der Waals surface area contributed by atoms with Crippen molar-refractivity contribution in [1.29, 1.82) is 0 Å². The molecule has 17 heavy (non-hydrogen) atoms.